The largest absolute Gasteiger partial charge is 0.416 e. The number of amides is 2. The van der Waals surface area contributed by atoms with Gasteiger partial charge in [-0.3, -0.25) is 14.4 Å². The molecule has 0 saturated carbocycles. The van der Waals surface area contributed by atoms with Crippen molar-refractivity contribution in [1.82, 2.24) is 5.32 Å². The number of hydrogen-bond donors (Lipinski definition) is 2. The van der Waals surface area contributed by atoms with Crippen molar-refractivity contribution in [3.63, 3.8) is 0 Å². The SMILES string of the molecule is NC(=O)[C@@H](CCC(F)(F)F)[C@@H](CCC(F)(F)F)C(=O)N[C@H]1CN(c2cccc(C(F)(F)F)c2)c2ccc(F)cc2CC1=O. The third-order valence-corrected chi connectivity index (χ3v) is 6.92. The van der Waals surface area contributed by atoms with Gasteiger partial charge in [0.2, 0.25) is 11.8 Å². The summed E-state index contributed by atoms with van der Waals surface area (Å²) in [6, 6.07) is 5.29. The van der Waals surface area contributed by atoms with Gasteiger partial charge in [-0.1, -0.05) is 6.07 Å². The number of ketones is 1. The van der Waals surface area contributed by atoms with E-state index in [4.69, 9.17) is 5.73 Å². The van der Waals surface area contributed by atoms with Gasteiger partial charge in [-0.05, 0) is 54.8 Å². The summed E-state index contributed by atoms with van der Waals surface area (Å²) in [5.41, 5.74) is 4.08. The Labute approximate surface area is 238 Å². The van der Waals surface area contributed by atoms with Crippen LogP contribution < -0.4 is 16.0 Å². The molecule has 0 radical (unpaired) electrons. The summed E-state index contributed by atoms with van der Waals surface area (Å²) < 4.78 is 132. The van der Waals surface area contributed by atoms with Crippen molar-refractivity contribution in [2.75, 3.05) is 11.4 Å². The fraction of sp³-hybridized carbons (Fsp3) is 0.444. The molecule has 2 aromatic carbocycles. The van der Waals surface area contributed by atoms with Crippen molar-refractivity contribution in [3.05, 3.63) is 59.4 Å². The predicted octanol–water partition coefficient (Wildman–Crippen LogP) is 6.00. The number of carbonyl (C=O) groups is 3. The van der Waals surface area contributed by atoms with Crippen molar-refractivity contribution in [2.45, 2.75) is 56.7 Å². The summed E-state index contributed by atoms with van der Waals surface area (Å²) in [5.74, 6) is -8.48. The monoisotopic (exact) mass is 629 g/mol. The molecule has 3 rings (SSSR count). The molecule has 236 valence electrons. The first-order valence-corrected chi connectivity index (χ1v) is 12.7. The van der Waals surface area contributed by atoms with Crippen LogP contribution in [0.15, 0.2) is 42.5 Å². The lowest BCUT2D eigenvalue weighted by atomic mass is 9.83. The smallest absolute Gasteiger partial charge is 0.369 e. The highest BCUT2D eigenvalue weighted by Gasteiger charge is 2.41. The molecule has 0 spiro atoms. The molecule has 3 atom stereocenters. The van der Waals surface area contributed by atoms with E-state index in [1.54, 1.807) is 0 Å². The molecule has 43 heavy (non-hydrogen) atoms. The summed E-state index contributed by atoms with van der Waals surface area (Å²) in [5, 5.41) is 2.17. The first-order chi connectivity index (χ1) is 19.7. The van der Waals surface area contributed by atoms with Crippen LogP contribution in [0.2, 0.25) is 0 Å². The van der Waals surface area contributed by atoms with E-state index >= 15 is 0 Å². The summed E-state index contributed by atoms with van der Waals surface area (Å²) in [6.07, 6.45) is -20.6. The van der Waals surface area contributed by atoms with Crippen molar-refractivity contribution in [3.8, 4) is 0 Å². The number of halogens is 10. The molecule has 0 bridgehead atoms. The van der Waals surface area contributed by atoms with Gasteiger partial charge >= 0.3 is 18.5 Å². The molecule has 2 amide bonds. The number of hydrogen-bond acceptors (Lipinski definition) is 4. The lowest BCUT2D eigenvalue weighted by molar-refractivity contribution is -0.152. The number of nitrogens with two attached hydrogens (primary N) is 1. The minimum absolute atomic E-state index is 0.0213. The second-order valence-corrected chi connectivity index (χ2v) is 10.1. The van der Waals surface area contributed by atoms with Crippen molar-refractivity contribution < 1.29 is 58.3 Å². The molecular weight excluding hydrogens is 604 g/mol. The molecule has 3 N–H and O–H groups in total. The zero-order valence-corrected chi connectivity index (χ0v) is 22.0. The standard InChI is InChI=1S/C27H25F10N3O3/c28-16-4-5-21-14(10-16)11-22(41)20(13-40(21)17-3-1-2-15(12-17)27(35,36)37)39-24(43)19(7-9-26(32,33)34)18(23(38)42)6-8-25(29,30)31/h1-5,10,12,18-20H,6-9,11,13H2,(H2,38,42)(H,39,43)/t18-,19+,20-/m0/s1. The van der Waals surface area contributed by atoms with Crippen molar-refractivity contribution in [1.29, 1.82) is 0 Å². The van der Waals surface area contributed by atoms with E-state index in [2.05, 4.69) is 5.32 Å². The maximum atomic E-state index is 14.1. The Morgan fingerprint density at radius 1 is 0.907 bits per heavy atom. The second kappa shape index (κ2) is 12.8. The Hall–Kier alpha value is -3.85. The maximum absolute atomic E-state index is 14.1. The van der Waals surface area contributed by atoms with Crippen LogP contribution in [-0.4, -0.2) is 42.5 Å². The highest BCUT2D eigenvalue weighted by molar-refractivity contribution is 5.95. The van der Waals surface area contributed by atoms with E-state index in [1.807, 2.05) is 0 Å². The fourth-order valence-electron chi connectivity index (χ4n) is 4.85. The van der Waals surface area contributed by atoms with Gasteiger partial charge in [0.15, 0.2) is 5.78 Å². The first-order valence-electron chi connectivity index (χ1n) is 12.7. The van der Waals surface area contributed by atoms with Gasteiger partial charge in [0, 0.05) is 42.5 Å². The van der Waals surface area contributed by atoms with E-state index in [1.165, 1.54) is 17.0 Å². The highest BCUT2D eigenvalue weighted by atomic mass is 19.4. The molecule has 0 aromatic heterocycles. The maximum Gasteiger partial charge on any atom is 0.416 e. The fourth-order valence-corrected chi connectivity index (χ4v) is 4.85. The van der Waals surface area contributed by atoms with E-state index in [0.29, 0.717) is 0 Å². The molecule has 0 unspecified atom stereocenters. The van der Waals surface area contributed by atoms with Crippen molar-refractivity contribution >= 4 is 29.0 Å². The van der Waals surface area contributed by atoms with Gasteiger partial charge in [-0.15, -0.1) is 0 Å². The molecule has 1 heterocycles. The number of anilines is 2. The molecule has 16 heteroatoms. The number of nitrogens with zero attached hydrogens (tertiary/aromatic N) is 1. The van der Waals surface area contributed by atoms with Crippen molar-refractivity contribution in [2.24, 2.45) is 17.6 Å². The van der Waals surface area contributed by atoms with E-state index in [-0.39, 0.29) is 16.9 Å². The molecule has 1 aliphatic heterocycles. The Morgan fingerprint density at radius 2 is 1.51 bits per heavy atom. The summed E-state index contributed by atoms with van der Waals surface area (Å²) in [7, 11) is 0. The third kappa shape index (κ3) is 9.32. The predicted molar refractivity (Wildman–Crippen MR) is 132 cm³/mol. The number of nitrogens with one attached hydrogen (secondary N) is 1. The molecule has 2 aromatic rings. The first kappa shape index (κ1) is 33.6. The number of rotatable bonds is 9. The number of primary amides is 1. The Morgan fingerprint density at radius 3 is 2.07 bits per heavy atom. The van der Waals surface area contributed by atoms with Crippen LogP contribution in [0.4, 0.5) is 55.3 Å². The lowest BCUT2D eigenvalue weighted by Gasteiger charge is -2.30. The molecular formula is C27H25F10N3O3. The van der Waals surface area contributed by atoms with Gasteiger partial charge in [0.1, 0.15) is 11.9 Å². The normalized spacial score (nSPS) is 17.6. The third-order valence-electron chi connectivity index (χ3n) is 6.92. The Bertz CT molecular complexity index is 1340. The van der Waals surface area contributed by atoms with Crippen LogP contribution in [0.3, 0.4) is 0 Å². The van der Waals surface area contributed by atoms with Crippen LogP contribution in [0.1, 0.15) is 36.8 Å². The average molecular weight is 629 g/mol. The number of Topliss-reactive ketones (excluding diaryl/α,β-unsaturated/α-hetero) is 1. The molecule has 0 aliphatic carbocycles. The highest BCUT2D eigenvalue weighted by Crippen LogP contribution is 2.37. The van der Waals surface area contributed by atoms with Crippen LogP contribution in [0.5, 0.6) is 0 Å². The van der Waals surface area contributed by atoms with Crippen LogP contribution >= 0.6 is 0 Å². The van der Waals surface area contributed by atoms with Gasteiger partial charge in [-0.2, -0.15) is 39.5 Å². The second-order valence-electron chi connectivity index (χ2n) is 10.1. The molecule has 0 fully saturated rings. The van der Waals surface area contributed by atoms with E-state index in [0.717, 1.165) is 30.3 Å². The van der Waals surface area contributed by atoms with E-state index < -0.39 is 104 Å². The average Bonchev–Trinajstić information content (AvgIpc) is 2.99. The lowest BCUT2D eigenvalue weighted by Crippen LogP contribution is -2.51. The number of alkyl halides is 9. The topological polar surface area (TPSA) is 92.5 Å². The van der Waals surface area contributed by atoms with E-state index in [9.17, 15) is 58.3 Å². The summed E-state index contributed by atoms with van der Waals surface area (Å²) in [6.45, 7) is -0.583. The minimum atomic E-state index is -4.87. The van der Waals surface area contributed by atoms with Gasteiger partial charge in [0.25, 0.3) is 0 Å². The van der Waals surface area contributed by atoms with Gasteiger partial charge < -0.3 is 16.0 Å². The van der Waals surface area contributed by atoms with Crippen LogP contribution in [-0.2, 0) is 27.0 Å². The molecule has 6 nitrogen and oxygen atoms in total. The van der Waals surface area contributed by atoms with Crippen LogP contribution in [0.25, 0.3) is 0 Å². The number of benzene rings is 2. The number of carbonyl (C=O) groups excluding carboxylic acids is 3. The molecule has 0 saturated heterocycles. The summed E-state index contributed by atoms with van der Waals surface area (Å²) >= 11 is 0. The Kier molecular flexibility index (Phi) is 10.0. The number of fused-ring (bicyclic) bond motifs is 1. The zero-order chi connectivity index (χ0) is 32.3. The Balaban J connectivity index is 2.00. The quantitative estimate of drug-likeness (QED) is 0.333. The zero-order valence-electron chi connectivity index (χ0n) is 22.0. The van der Waals surface area contributed by atoms with Crippen LogP contribution in [0, 0.1) is 17.7 Å². The van der Waals surface area contributed by atoms with Gasteiger partial charge in [0.05, 0.1) is 12.1 Å². The minimum Gasteiger partial charge on any atom is -0.369 e. The molecule has 1 aliphatic rings. The summed E-state index contributed by atoms with van der Waals surface area (Å²) in [4.78, 5) is 39.6. The van der Waals surface area contributed by atoms with Gasteiger partial charge in [-0.25, -0.2) is 4.39 Å².